The summed E-state index contributed by atoms with van der Waals surface area (Å²) < 4.78 is 5.20. The van der Waals surface area contributed by atoms with Crippen molar-refractivity contribution in [1.29, 1.82) is 0 Å². The van der Waals surface area contributed by atoms with Gasteiger partial charge >= 0.3 is 0 Å². The second-order valence-corrected chi connectivity index (χ2v) is 6.51. The summed E-state index contributed by atoms with van der Waals surface area (Å²) in [6, 6.07) is 10.4. The van der Waals surface area contributed by atoms with Crippen LogP contribution in [-0.4, -0.2) is 43.7 Å². The average Bonchev–Trinajstić information content (AvgIpc) is 2.49. The van der Waals surface area contributed by atoms with Gasteiger partial charge in [-0.05, 0) is 70.8 Å². The summed E-state index contributed by atoms with van der Waals surface area (Å²) in [5.41, 5.74) is 1.39. The molecule has 1 N–H and O–H groups in total. The number of nitrogens with one attached hydrogen (secondary N) is 1. The van der Waals surface area contributed by atoms with Crippen LogP contribution in [0.15, 0.2) is 24.3 Å². The third-order valence-electron chi connectivity index (χ3n) is 4.75. The zero-order valence-electron chi connectivity index (χ0n) is 13.9. The molecule has 0 bridgehead atoms. The van der Waals surface area contributed by atoms with Crippen LogP contribution in [0.3, 0.4) is 0 Å². The van der Waals surface area contributed by atoms with Gasteiger partial charge in [-0.15, -0.1) is 0 Å². The summed E-state index contributed by atoms with van der Waals surface area (Å²) in [4.78, 5) is 2.46. The fraction of sp³-hybridized carbons (Fsp3) is 0.667. The van der Waals surface area contributed by atoms with Crippen molar-refractivity contribution in [2.75, 3.05) is 20.7 Å². The lowest BCUT2D eigenvalue weighted by molar-refractivity contribution is 0.162. The first-order valence-electron chi connectivity index (χ1n) is 8.17. The van der Waals surface area contributed by atoms with Gasteiger partial charge < -0.3 is 15.0 Å². The summed E-state index contributed by atoms with van der Waals surface area (Å²) in [7, 11) is 3.94. The standard InChI is InChI=1S/C18H30N2O/c1-14(19-17-11-12-20(3)15(2)13-17)5-6-16-7-9-18(21-4)10-8-16/h7-10,14-15,17,19H,5-6,11-13H2,1-4H3. The summed E-state index contributed by atoms with van der Waals surface area (Å²) in [5, 5.41) is 3.81. The van der Waals surface area contributed by atoms with Crippen molar-refractivity contribution in [3.05, 3.63) is 29.8 Å². The number of piperidine rings is 1. The van der Waals surface area contributed by atoms with E-state index in [1.54, 1.807) is 7.11 Å². The highest BCUT2D eigenvalue weighted by Gasteiger charge is 2.23. The molecule has 21 heavy (non-hydrogen) atoms. The second-order valence-electron chi connectivity index (χ2n) is 6.51. The first-order chi connectivity index (χ1) is 10.1. The van der Waals surface area contributed by atoms with Crippen LogP contribution in [0, 0.1) is 0 Å². The quantitative estimate of drug-likeness (QED) is 0.871. The molecule has 0 amide bonds. The second kappa shape index (κ2) is 7.81. The lowest BCUT2D eigenvalue weighted by Crippen LogP contribution is -2.48. The minimum atomic E-state index is 0.577. The first kappa shape index (κ1) is 16.3. The molecule has 1 aliphatic heterocycles. The Morgan fingerprint density at radius 3 is 2.67 bits per heavy atom. The Labute approximate surface area is 129 Å². The number of likely N-dealkylation sites (tertiary alicyclic amines) is 1. The third kappa shape index (κ3) is 5.01. The molecule has 1 aromatic carbocycles. The maximum atomic E-state index is 5.20. The molecule has 1 fully saturated rings. The highest BCUT2D eigenvalue weighted by atomic mass is 16.5. The van der Waals surface area contributed by atoms with Crippen molar-refractivity contribution in [1.82, 2.24) is 10.2 Å². The van der Waals surface area contributed by atoms with E-state index in [2.05, 4.69) is 43.2 Å². The van der Waals surface area contributed by atoms with Crippen LogP contribution in [0.4, 0.5) is 0 Å². The Bertz CT molecular complexity index is 418. The van der Waals surface area contributed by atoms with Crippen molar-refractivity contribution >= 4 is 0 Å². The van der Waals surface area contributed by atoms with Gasteiger partial charge in [-0.3, -0.25) is 0 Å². The normalized spacial score (nSPS) is 24.8. The Kier molecular flexibility index (Phi) is 6.07. The highest BCUT2D eigenvalue weighted by Crippen LogP contribution is 2.17. The fourth-order valence-electron chi connectivity index (χ4n) is 3.10. The molecule has 3 atom stereocenters. The monoisotopic (exact) mass is 290 g/mol. The zero-order valence-corrected chi connectivity index (χ0v) is 13.9. The van der Waals surface area contributed by atoms with Gasteiger partial charge in [0.2, 0.25) is 0 Å². The van der Waals surface area contributed by atoms with E-state index in [1.807, 2.05) is 12.1 Å². The predicted octanol–water partition coefficient (Wildman–Crippen LogP) is 3.09. The van der Waals surface area contributed by atoms with Gasteiger partial charge in [-0.1, -0.05) is 12.1 Å². The Hall–Kier alpha value is -1.06. The summed E-state index contributed by atoms with van der Waals surface area (Å²) in [6.45, 7) is 5.85. The lowest BCUT2D eigenvalue weighted by Gasteiger charge is -2.36. The topological polar surface area (TPSA) is 24.5 Å². The van der Waals surface area contributed by atoms with E-state index in [0.29, 0.717) is 18.1 Å². The first-order valence-corrected chi connectivity index (χ1v) is 8.17. The molecule has 0 radical (unpaired) electrons. The molecule has 0 spiro atoms. The Morgan fingerprint density at radius 1 is 1.33 bits per heavy atom. The molecule has 1 aromatic rings. The number of ether oxygens (including phenoxy) is 1. The van der Waals surface area contributed by atoms with E-state index < -0.39 is 0 Å². The average molecular weight is 290 g/mol. The van der Waals surface area contributed by atoms with E-state index in [-0.39, 0.29) is 0 Å². The van der Waals surface area contributed by atoms with Gasteiger partial charge in [0.1, 0.15) is 5.75 Å². The molecule has 3 nitrogen and oxygen atoms in total. The maximum Gasteiger partial charge on any atom is 0.118 e. The molecular formula is C18H30N2O. The molecule has 0 aliphatic carbocycles. The van der Waals surface area contributed by atoms with Crippen molar-refractivity contribution < 1.29 is 4.74 Å². The SMILES string of the molecule is COc1ccc(CCC(C)NC2CCN(C)C(C)C2)cc1. The number of hydrogen-bond acceptors (Lipinski definition) is 3. The molecule has 3 heteroatoms. The molecule has 0 saturated carbocycles. The molecule has 1 saturated heterocycles. The van der Waals surface area contributed by atoms with E-state index in [4.69, 9.17) is 4.74 Å². The van der Waals surface area contributed by atoms with Crippen molar-refractivity contribution in [2.24, 2.45) is 0 Å². The summed E-state index contributed by atoms with van der Waals surface area (Å²) >= 11 is 0. The minimum Gasteiger partial charge on any atom is -0.497 e. The van der Waals surface area contributed by atoms with Crippen LogP contribution < -0.4 is 10.1 Å². The van der Waals surface area contributed by atoms with Crippen LogP contribution in [0.5, 0.6) is 5.75 Å². The van der Waals surface area contributed by atoms with Crippen molar-refractivity contribution in [2.45, 2.75) is 57.7 Å². The van der Waals surface area contributed by atoms with Crippen LogP contribution in [-0.2, 0) is 6.42 Å². The molecule has 2 rings (SSSR count). The predicted molar refractivity (Wildman–Crippen MR) is 89.0 cm³/mol. The van der Waals surface area contributed by atoms with Crippen LogP contribution in [0.1, 0.15) is 38.7 Å². The van der Waals surface area contributed by atoms with E-state index >= 15 is 0 Å². The molecule has 1 aliphatic rings. The third-order valence-corrected chi connectivity index (χ3v) is 4.75. The lowest BCUT2D eigenvalue weighted by atomic mass is 9.97. The molecule has 0 aromatic heterocycles. The van der Waals surface area contributed by atoms with Crippen molar-refractivity contribution in [3.8, 4) is 5.75 Å². The maximum absolute atomic E-state index is 5.20. The van der Waals surface area contributed by atoms with Gasteiger partial charge in [0.15, 0.2) is 0 Å². The molecule has 1 heterocycles. The van der Waals surface area contributed by atoms with Crippen LogP contribution >= 0.6 is 0 Å². The van der Waals surface area contributed by atoms with Crippen LogP contribution in [0.25, 0.3) is 0 Å². The van der Waals surface area contributed by atoms with E-state index in [0.717, 1.165) is 12.2 Å². The van der Waals surface area contributed by atoms with Gasteiger partial charge in [0, 0.05) is 18.1 Å². The highest BCUT2D eigenvalue weighted by molar-refractivity contribution is 5.27. The van der Waals surface area contributed by atoms with E-state index in [1.165, 1.54) is 31.4 Å². The van der Waals surface area contributed by atoms with Gasteiger partial charge in [0.25, 0.3) is 0 Å². The summed E-state index contributed by atoms with van der Waals surface area (Å²) in [6.07, 6.45) is 4.85. The number of benzene rings is 1. The molecule has 3 unspecified atom stereocenters. The van der Waals surface area contributed by atoms with E-state index in [9.17, 15) is 0 Å². The smallest absolute Gasteiger partial charge is 0.118 e. The van der Waals surface area contributed by atoms with Gasteiger partial charge in [0.05, 0.1) is 7.11 Å². The Morgan fingerprint density at radius 2 is 2.05 bits per heavy atom. The van der Waals surface area contributed by atoms with Crippen molar-refractivity contribution in [3.63, 3.8) is 0 Å². The summed E-state index contributed by atoms with van der Waals surface area (Å²) in [5.74, 6) is 0.935. The fourth-order valence-corrected chi connectivity index (χ4v) is 3.10. The minimum absolute atomic E-state index is 0.577. The molecule has 118 valence electrons. The van der Waals surface area contributed by atoms with Gasteiger partial charge in [-0.25, -0.2) is 0 Å². The number of methoxy groups -OCH3 is 1. The largest absolute Gasteiger partial charge is 0.497 e. The Balaban J connectivity index is 1.72. The zero-order chi connectivity index (χ0) is 15.2. The number of rotatable bonds is 6. The molecular weight excluding hydrogens is 260 g/mol. The number of hydrogen-bond donors (Lipinski definition) is 1. The number of aryl methyl sites for hydroxylation is 1. The number of nitrogens with zero attached hydrogens (tertiary/aromatic N) is 1. The van der Waals surface area contributed by atoms with Gasteiger partial charge in [-0.2, -0.15) is 0 Å². The van der Waals surface area contributed by atoms with Crippen LogP contribution in [0.2, 0.25) is 0 Å².